The Balaban J connectivity index is 2.22. The van der Waals surface area contributed by atoms with E-state index in [1.807, 2.05) is 32.9 Å². The molecule has 1 aliphatic rings. The molecule has 0 saturated heterocycles. The Labute approximate surface area is 189 Å². The molecular weight excluding hydrogens is 428 g/mol. The number of allylic oxidation sites excluding steroid dienone is 1. The third-order valence-electron chi connectivity index (χ3n) is 5.48. The number of hydrogen-bond acceptors (Lipinski definition) is 5. The van der Waals surface area contributed by atoms with E-state index in [-0.39, 0.29) is 11.4 Å². The normalized spacial score (nSPS) is 14.6. The molecule has 0 aromatic heterocycles. The number of nitrogens with one attached hydrogen (secondary N) is 1. The lowest BCUT2D eigenvalue weighted by atomic mass is 10.0. The van der Waals surface area contributed by atoms with Crippen molar-refractivity contribution < 1.29 is 22.7 Å². The molecule has 7 nitrogen and oxygen atoms in total. The summed E-state index contributed by atoms with van der Waals surface area (Å²) >= 11 is 0. The van der Waals surface area contributed by atoms with Crippen LogP contribution in [0.2, 0.25) is 0 Å². The van der Waals surface area contributed by atoms with Crippen molar-refractivity contribution in [3.8, 4) is 11.5 Å². The van der Waals surface area contributed by atoms with Gasteiger partial charge in [0.25, 0.3) is 15.9 Å². The van der Waals surface area contributed by atoms with Crippen LogP contribution in [-0.2, 0) is 14.8 Å². The Hall–Kier alpha value is -3.26. The molecule has 1 heterocycles. The summed E-state index contributed by atoms with van der Waals surface area (Å²) in [6.07, 6.45) is 1.47. The van der Waals surface area contributed by atoms with Crippen LogP contribution in [0, 0.1) is 20.8 Å². The maximum Gasteiger partial charge on any atom is 0.270 e. The van der Waals surface area contributed by atoms with Gasteiger partial charge in [-0.15, -0.1) is 6.58 Å². The minimum Gasteiger partial charge on any atom is -0.493 e. The lowest BCUT2D eigenvalue weighted by Crippen LogP contribution is -2.39. The highest BCUT2D eigenvalue weighted by Gasteiger charge is 2.40. The number of amides is 1. The first-order valence-electron chi connectivity index (χ1n) is 10.1. The largest absolute Gasteiger partial charge is 0.493 e. The molecule has 0 unspecified atom stereocenters. The Morgan fingerprint density at radius 1 is 1.03 bits per heavy atom. The van der Waals surface area contributed by atoms with Crippen LogP contribution >= 0.6 is 0 Å². The summed E-state index contributed by atoms with van der Waals surface area (Å²) in [6, 6.07) is 7.16. The van der Waals surface area contributed by atoms with Crippen LogP contribution in [0.1, 0.15) is 29.2 Å². The highest BCUT2D eigenvalue weighted by molar-refractivity contribution is 7.97. The fourth-order valence-corrected chi connectivity index (χ4v) is 5.79. The molecule has 32 heavy (non-hydrogen) atoms. The predicted octanol–water partition coefficient (Wildman–Crippen LogP) is 4.33. The van der Waals surface area contributed by atoms with Gasteiger partial charge in [-0.2, -0.15) is 0 Å². The number of ether oxygens (including phenoxy) is 2. The SMILES string of the molecule is C=CCN1c2cc(OC)c(OC)cc2C(C)=C(C(=O)Nc2c(C)cc(C)cc2C)S1(=O)=O. The van der Waals surface area contributed by atoms with E-state index in [1.54, 1.807) is 19.1 Å². The van der Waals surface area contributed by atoms with Crippen LogP contribution in [0.4, 0.5) is 11.4 Å². The molecule has 1 N–H and O–H groups in total. The van der Waals surface area contributed by atoms with E-state index in [0.717, 1.165) is 21.0 Å². The number of fused-ring (bicyclic) bond motifs is 1. The number of anilines is 2. The Morgan fingerprint density at radius 3 is 2.12 bits per heavy atom. The van der Waals surface area contributed by atoms with Crippen LogP contribution in [-0.4, -0.2) is 35.1 Å². The average molecular weight is 457 g/mol. The van der Waals surface area contributed by atoms with Gasteiger partial charge in [-0.25, -0.2) is 8.42 Å². The number of carbonyl (C=O) groups excluding carboxylic acids is 1. The van der Waals surface area contributed by atoms with E-state index in [0.29, 0.717) is 34.0 Å². The van der Waals surface area contributed by atoms with E-state index < -0.39 is 15.9 Å². The van der Waals surface area contributed by atoms with Gasteiger partial charge in [0.2, 0.25) is 0 Å². The van der Waals surface area contributed by atoms with E-state index in [2.05, 4.69) is 11.9 Å². The molecule has 2 aromatic carbocycles. The lowest BCUT2D eigenvalue weighted by Gasteiger charge is -2.32. The molecule has 0 aliphatic carbocycles. The number of rotatable bonds is 6. The summed E-state index contributed by atoms with van der Waals surface area (Å²) in [5.41, 5.74) is 4.69. The number of nitrogens with zero attached hydrogens (tertiary/aromatic N) is 1. The maximum absolute atomic E-state index is 13.6. The molecule has 8 heteroatoms. The van der Waals surface area contributed by atoms with Crippen molar-refractivity contribution in [2.45, 2.75) is 27.7 Å². The van der Waals surface area contributed by atoms with Gasteiger partial charge in [-0.1, -0.05) is 23.8 Å². The smallest absolute Gasteiger partial charge is 0.270 e. The highest BCUT2D eigenvalue weighted by Crippen LogP contribution is 2.45. The van der Waals surface area contributed by atoms with Gasteiger partial charge in [-0.05, 0) is 50.5 Å². The summed E-state index contributed by atoms with van der Waals surface area (Å²) < 4.78 is 39.1. The monoisotopic (exact) mass is 456 g/mol. The van der Waals surface area contributed by atoms with Crippen molar-refractivity contribution in [3.05, 3.63) is 64.1 Å². The standard InChI is InChI=1S/C24H28N2O5S/c1-8-9-26-19-13-21(31-7)20(30-6)12-18(19)17(5)23(32(26,28)29)24(27)25-22-15(3)10-14(2)11-16(22)4/h8,10-13H,1,9H2,2-7H3,(H,25,27). The number of methoxy groups -OCH3 is 2. The van der Waals surface area contributed by atoms with Crippen LogP contribution in [0.25, 0.3) is 5.57 Å². The van der Waals surface area contributed by atoms with Gasteiger partial charge in [-0.3, -0.25) is 9.10 Å². The molecule has 3 rings (SSSR count). The van der Waals surface area contributed by atoms with Gasteiger partial charge in [0.15, 0.2) is 16.4 Å². The fourth-order valence-electron chi connectivity index (χ4n) is 4.08. The summed E-state index contributed by atoms with van der Waals surface area (Å²) in [5.74, 6) is 0.141. The molecule has 170 valence electrons. The van der Waals surface area contributed by atoms with Crippen molar-refractivity contribution in [3.63, 3.8) is 0 Å². The molecule has 0 spiro atoms. The molecule has 1 aliphatic heterocycles. The third-order valence-corrected chi connectivity index (χ3v) is 7.41. The van der Waals surface area contributed by atoms with Crippen LogP contribution < -0.4 is 19.1 Å². The minimum absolute atomic E-state index is 0.00252. The van der Waals surface area contributed by atoms with E-state index in [4.69, 9.17) is 9.47 Å². The summed E-state index contributed by atoms with van der Waals surface area (Å²) in [6.45, 7) is 11.0. The van der Waals surface area contributed by atoms with Gasteiger partial charge >= 0.3 is 0 Å². The molecule has 0 fully saturated rings. The Morgan fingerprint density at radius 2 is 1.59 bits per heavy atom. The van der Waals surface area contributed by atoms with Crippen molar-refractivity contribution in [2.75, 3.05) is 30.4 Å². The second-order valence-corrected chi connectivity index (χ2v) is 9.53. The molecule has 1 amide bonds. The fraction of sp³-hybridized carbons (Fsp3) is 0.292. The highest BCUT2D eigenvalue weighted by atomic mass is 32.2. The number of aryl methyl sites for hydroxylation is 3. The molecule has 0 atom stereocenters. The molecule has 2 aromatic rings. The molecule has 0 radical (unpaired) electrons. The van der Waals surface area contributed by atoms with Gasteiger partial charge in [0, 0.05) is 17.3 Å². The topological polar surface area (TPSA) is 84.9 Å². The number of sulfonamides is 1. The summed E-state index contributed by atoms with van der Waals surface area (Å²) in [7, 11) is -1.17. The third kappa shape index (κ3) is 3.86. The maximum atomic E-state index is 13.6. The zero-order valence-electron chi connectivity index (χ0n) is 19.2. The Kier molecular flexibility index (Phi) is 6.37. The summed E-state index contributed by atoms with van der Waals surface area (Å²) in [4.78, 5) is 13.1. The van der Waals surface area contributed by atoms with Gasteiger partial charge in [0.05, 0.1) is 26.5 Å². The summed E-state index contributed by atoms with van der Waals surface area (Å²) in [5, 5.41) is 2.82. The van der Waals surface area contributed by atoms with Crippen molar-refractivity contribution in [2.24, 2.45) is 0 Å². The molecule has 0 saturated carbocycles. The van der Waals surface area contributed by atoms with E-state index >= 15 is 0 Å². The lowest BCUT2D eigenvalue weighted by molar-refractivity contribution is -0.112. The number of benzene rings is 2. The zero-order chi connectivity index (χ0) is 23.8. The second kappa shape index (κ2) is 8.70. The van der Waals surface area contributed by atoms with Crippen LogP contribution in [0.15, 0.2) is 41.8 Å². The van der Waals surface area contributed by atoms with Crippen LogP contribution in [0.3, 0.4) is 0 Å². The zero-order valence-corrected chi connectivity index (χ0v) is 20.0. The Bertz CT molecular complexity index is 1220. The first-order valence-corrected chi connectivity index (χ1v) is 11.5. The van der Waals surface area contributed by atoms with Crippen molar-refractivity contribution >= 4 is 32.9 Å². The quantitative estimate of drug-likeness (QED) is 0.654. The molecule has 0 bridgehead atoms. The van der Waals surface area contributed by atoms with Gasteiger partial charge < -0.3 is 14.8 Å². The van der Waals surface area contributed by atoms with Gasteiger partial charge in [0.1, 0.15) is 0 Å². The van der Waals surface area contributed by atoms with Crippen molar-refractivity contribution in [1.82, 2.24) is 0 Å². The van der Waals surface area contributed by atoms with Crippen LogP contribution in [0.5, 0.6) is 11.5 Å². The minimum atomic E-state index is -4.15. The second-order valence-electron chi connectivity index (χ2n) is 7.73. The predicted molar refractivity (Wildman–Crippen MR) is 128 cm³/mol. The average Bonchev–Trinajstić information content (AvgIpc) is 2.72. The number of hydrogen-bond donors (Lipinski definition) is 1. The molecular formula is C24H28N2O5S. The first-order chi connectivity index (χ1) is 15.1. The number of carbonyl (C=O) groups is 1. The van der Waals surface area contributed by atoms with E-state index in [9.17, 15) is 13.2 Å². The first kappa shape index (κ1) is 23.4. The van der Waals surface area contributed by atoms with E-state index in [1.165, 1.54) is 20.3 Å². The van der Waals surface area contributed by atoms with Crippen molar-refractivity contribution in [1.29, 1.82) is 0 Å².